The van der Waals surface area contributed by atoms with E-state index in [1.54, 1.807) is 56.3 Å². The topological polar surface area (TPSA) is 113 Å². The minimum atomic E-state index is -1.31. The third-order valence-electron chi connectivity index (χ3n) is 5.40. The Labute approximate surface area is 191 Å². The van der Waals surface area contributed by atoms with Crippen molar-refractivity contribution in [2.24, 2.45) is 0 Å². The Bertz CT molecular complexity index is 1290. The number of fused-ring (bicyclic) bond motifs is 1. The number of furan rings is 1. The van der Waals surface area contributed by atoms with Gasteiger partial charge in [-0.3, -0.25) is 9.69 Å². The number of rotatable bonds is 5. The maximum atomic E-state index is 13.4. The second kappa shape index (κ2) is 8.13. The summed E-state index contributed by atoms with van der Waals surface area (Å²) in [7, 11) is 0. The standard InChI is InChI=1S/C23H18BrN3O5/c1-3-31-20(28)19-17(16-10-15(24)8-9-18(16)32-19)12-27-21(29)23(2,26-22(27)30)14-6-4-13(11-25)5-7-14/h4-10H,3,12H2,1-2H3,(H,26,30). The molecule has 1 atom stereocenters. The van der Waals surface area contributed by atoms with Gasteiger partial charge in [0.2, 0.25) is 5.76 Å². The fraction of sp³-hybridized carbons (Fsp3) is 0.217. The van der Waals surface area contributed by atoms with Crippen LogP contribution in [0.5, 0.6) is 0 Å². The van der Waals surface area contributed by atoms with E-state index in [1.807, 2.05) is 6.07 Å². The minimum Gasteiger partial charge on any atom is -0.460 e. The number of imide groups is 1. The van der Waals surface area contributed by atoms with Crippen molar-refractivity contribution < 1.29 is 23.5 Å². The van der Waals surface area contributed by atoms with Gasteiger partial charge in [0.25, 0.3) is 5.91 Å². The van der Waals surface area contributed by atoms with E-state index in [2.05, 4.69) is 21.2 Å². The summed E-state index contributed by atoms with van der Waals surface area (Å²) in [6.45, 7) is 3.26. The molecular weight excluding hydrogens is 478 g/mol. The second-order valence-electron chi connectivity index (χ2n) is 7.41. The number of nitriles is 1. The maximum absolute atomic E-state index is 13.4. The molecule has 1 N–H and O–H groups in total. The Morgan fingerprint density at radius 3 is 2.62 bits per heavy atom. The summed E-state index contributed by atoms with van der Waals surface area (Å²) in [5.41, 5.74) is 0.499. The summed E-state index contributed by atoms with van der Waals surface area (Å²) in [6, 6.07) is 13.1. The van der Waals surface area contributed by atoms with Gasteiger partial charge in [-0.05, 0) is 49.7 Å². The predicted molar refractivity (Wildman–Crippen MR) is 117 cm³/mol. The fourth-order valence-corrected chi connectivity index (χ4v) is 4.07. The molecule has 32 heavy (non-hydrogen) atoms. The van der Waals surface area contributed by atoms with Crippen molar-refractivity contribution in [3.05, 3.63) is 69.4 Å². The van der Waals surface area contributed by atoms with E-state index in [0.29, 0.717) is 27.7 Å². The molecule has 162 valence electrons. The normalized spacial score (nSPS) is 18.0. The molecule has 1 fully saturated rings. The summed E-state index contributed by atoms with van der Waals surface area (Å²) >= 11 is 3.40. The van der Waals surface area contributed by atoms with Crippen LogP contribution in [0.1, 0.15) is 41.1 Å². The smallest absolute Gasteiger partial charge is 0.374 e. The van der Waals surface area contributed by atoms with Crippen LogP contribution < -0.4 is 5.32 Å². The van der Waals surface area contributed by atoms with Crippen molar-refractivity contribution in [2.75, 3.05) is 6.61 Å². The van der Waals surface area contributed by atoms with Gasteiger partial charge in [-0.15, -0.1) is 0 Å². The monoisotopic (exact) mass is 495 g/mol. The third kappa shape index (κ3) is 3.52. The van der Waals surface area contributed by atoms with Crippen molar-refractivity contribution in [2.45, 2.75) is 25.9 Å². The molecule has 0 spiro atoms. The lowest BCUT2D eigenvalue weighted by Crippen LogP contribution is -2.40. The number of halogens is 1. The van der Waals surface area contributed by atoms with Crippen molar-refractivity contribution in [3.63, 3.8) is 0 Å². The highest BCUT2D eigenvalue weighted by molar-refractivity contribution is 9.10. The number of amides is 3. The number of ether oxygens (including phenoxy) is 1. The van der Waals surface area contributed by atoms with Gasteiger partial charge < -0.3 is 14.5 Å². The Kier molecular flexibility index (Phi) is 5.48. The first-order chi connectivity index (χ1) is 15.3. The molecule has 1 unspecified atom stereocenters. The van der Waals surface area contributed by atoms with Crippen LogP contribution >= 0.6 is 15.9 Å². The second-order valence-corrected chi connectivity index (χ2v) is 8.32. The molecule has 1 aromatic heterocycles. The van der Waals surface area contributed by atoms with Gasteiger partial charge >= 0.3 is 12.0 Å². The molecule has 1 saturated heterocycles. The maximum Gasteiger partial charge on any atom is 0.374 e. The molecule has 9 heteroatoms. The van der Waals surface area contributed by atoms with Crippen molar-refractivity contribution in [1.82, 2.24) is 10.2 Å². The number of urea groups is 1. The van der Waals surface area contributed by atoms with E-state index >= 15 is 0 Å². The highest BCUT2D eigenvalue weighted by Crippen LogP contribution is 2.34. The first-order valence-corrected chi connectivity index (χ1v) is 10.6. The van der Waals surface area contributed by atoms with Crippen molar-refractivity contribution in [1.29, 1.82) is 5.26 Å². The molecule has 3 aromatic rings. The Hall–Kier alpha value is -3.64. The van der Waals surface area contributed by atoms with Gasteiger partial charge in [-0.25, -0.2) is 9.59 Å². The molecule has 2 aromatic carbocycles. The zero-order valence-electron chi connectivity index (χ0n) is 17.3. The largest absolute Gasteiger partial charge is 0.460 e. The SMILES string of the molecule is CCOC(=O)c1oc2ccc(Br)cc2c1CN1C(=O)NC(C)(c2ccc(C#N)cc2)C1=O. The summed E-state index contributed by atoms with van der Waals surface area (Å²) in [6.07, 6.45) is 0. The number of esters is 1. The lowest BCUT2D eigenvalue weighted by Gasteiger charge is -2.22. The Morgan fingerprint density at radius 1 is 1.25 bits per heavy atom. The van der Waals surface area contributed by atoms with Crippen LogP contribution in [0.2, 0.25) is 0 Å². The van der Waals surface area contributed by atoms with Crippen LogP contribution in [0, 0.1) is 11.3 Å². The zero-order chi connectivity index (χ0) is 23.0. The molecule has 0 radical (unpaired) electrons. The van der Waals surface area contributed by atoms with Gasteiger partial charge in [0.15, 0.2) is 0 Å². The van der Waals surface area contributed by atoms with E-state index in [9.17, 15) is 14.4 Å². The van der Waals surface area contributed by atoms with Crippen LogP contribution in [0.25, 0.3) is 11.0 Å². The molecule has 8 nitrogen and oxygen atoms in total. The summed E-state index contributed by atoms with van der Waals surface area (Å²) in [5, 5.41) is 12.3. The number of nitrogens with zero attached hydrogens (tertiary/aromatic N) is 2. The molecule has 0 saturated carbocycles. The van der Waals surface area contributed by atoms with E-state index in [1.165, 1.54) is 0 Å². The van der Waals surface area contributed by atoms with Gasteiger partial charge in [-0.2, -0.15) is 5.26 Å². The number of nitrogens with one attached hydrogen (secondary N) is 1. The molecule has 1 aliphatic heterocycles. The predicted octanol–water partition coefficient (Wildman–Crippen LogP) is 4.21. The molecule has 3 amide bonds. The number of benzene rings is 2. The lowest BCUT2D eigenvalue weighted by molar-refractivity contribution is -0.131. The van der Waals surface area contributed by atoms with Crippen molar-refractivity contribution >= 4 is 44.8 Å². The molecule has 1 aliphatic rings. The number of carbonyl (C=O) groups excluding carboxylic acids is 3. The van der Waals surface area contributed by atoms with Gasteiger partial charge in [0, 0.05) is 15.4 Å². The number of hydrogen-bond donors (Lipinski definition) is 1. The summed E-state index contributed by atoms with van der Waals surface area (Å²) in [4.78, 5) is 39.7. The highest BCUT2D eigenvalue weighted by Gasteiger charge is 2.49. The number of carbonyl (C=O) groups is 3. The molecular formula is C23H18BrN3O5. The molecule has 0 bridgehead atoms. The highest BCUT2D eigenvalue weighted by atomic mass is 79.9. The average molecular weight is 496 g/mol. The summed E-state index contributed by atoms with van der Waals surface area (Å²) in [5.74, 6) is -1.20. The Morgan fingerprint density at radius 2 is 1.97 bits per heavy atom. The van der Waals surface area contributed by atoms with Crippen molar-refractivity contribution in [3.8, 4) is 6.07 Å². The van der Waals surface area contributed by atoms with Crippen LogP contribution in [-0.4, -0.2) is 29.4 Å². The van der Waals surface area contributed by atoms with Gasteiger partial charge in [0.1, 0.15) is 11.1 Å². The van der Waals surface area contributed by atoms with Crippen LogP contribution in [-0.2, 0) is 21.6 Å². The van der Waals surface area contributed by atoms with Crippen LogP contribution in [0.4, 0.5) is 4.79 Å². The summed E-state index contributed by atoms with van der Waals surface area (Å²) < 4.78 is 11.6. The Balaban J connectivity index is 1.74. The zero-order valence-corrected chi connectivity index (χ0v) is 18.9. The average Bonchev–Trinajstić information content (AvgIpc) is 3.24. The molecule has 2 heterocycles. The van der Waals surface area contributed by atoms with E-state index in [0.717, 1.165) is 9.37 Å². The fourth-order valence-electron chi connectivity index (χ4n) is 3.71. The minimum absolute atomic E-state index is 0.0486. The van der Waals surface area contributed by atoms with E-state index < -0.39 is 23.4 Å². The first-order valence-electron chi connectivity index (χ1n) is 9.81. The first kappa shape index (κ1) is 21.6. The third-order valence-corrected chi connectivity index (χ3v) is 5.89. The van der Waals surface area contributed by atoms with E-state index in [-0.39, 0.29) is 18.9 Å². The molecule has 0 aliphatic carbocycles. The van der Waals surface area contributed by atoms with Gasteiger partial charge in [0.05, 0.1) is 24.8 Å². The van der Waals surface area contributed by atoms with Crippen LogP contribution in [0.3, 0.4) is 0 Å². The quantitative estimate of drug-likeness (QED) is 0.418. The molecule has 4 rings (SSSR count). The van der Waals surface area contributed by atoms with Crippen LogP contribution in [0.15, 0.2) is 51.4 Å². The van der Waals surface area contributed by atoms with Gasteiger partial charge in [-0.1, -0.05) is 28.1 Å². The van der Waals surface area contributed by atoms with E-state index in [4.69, 9.17) is 14.4 Å². The number of hydrogen-bond acceptors (Lipinski definition) is 6. The lowest BCUT2D eigenvalue weighted by atomic mass is 9.91.